The van der Waals surface area contributed by atoms with Crippen LogP contribution in [0.15, 0.2) is 36.5 Å². The molecule has 0 aliphatic carbocycles. The van der Waals surface area contributed by atoms with Gasteiger partial charge in [0.05, 0.1) is 11.1 Å². The number of carboxylic acid groups (broad SMARTS) is 1. The molecule has 0 aliphatic rings. The Kier molecular flexibility index (Phi) is 2.95. The molecular formula is C15H13N3O2. The Morgan fingerprint density at radius 1 is 1.25 bits per heavy atom. The number of nitrogens with zero attached hydrogens (tertiary/aromatic N) is 2. The first-order valence-electron chi connectivity index (χ1n) is 6.36. The standard InChI is InChI=1S/C15H13N3O2/c1-2-9-3-5-10(6-4-9)13-17-12-11(15(19)20)7-8-16-14(12)18-13/h3-8H,2H2,1H3,(H,19,20)(H,16,17,18). The SMILES string of the molecule is CCc1ccc(-c2nc3nccc(C(=O)O)c3[nH]2)cc1. The number of hydrogen-bond acceptors (Lipinski definition) is 3. The maximum atomic E-state index is 11.2. The summed E-state index contributed by atoms with van der Waals surface area (Å²) in [5.41, 5.74) is 3.21. The number of carbonyl (C=O) groups is 1. The Balaban J connectivity index is 2.12. The average molecular weight is 267 g/mol. The van der Waals surface area contributed by atoms with E-state index < -0.39 is 5.97 Å². The summed E-state index contributed by atoms with van der Waals surface area (Å²) in [7, 11) is 0. The number of nitrogens with one attached hydrogen (secondary N) is 1. The lowest BCUT2D eigenvalue weighted by molar-refractivity contribution is 0.0699. The van der Waals surface area contributed by atoms with Gasteiger partial charge < -0.3 is 10.1 Å². The van der Waals surface area contributed by atoms with Gasteiger partial charge in [-0.25, -0.2) is 14.8 Å². The van der Waals surface area contributed by atoms with Gasteiger partial charge in [0.2, 0.25) is 0 Å². The predicted octanol–water partition coefficient (Wildman–Crippen LogP) is 2.89. The molecule has 0 spiro atoms. The van der Waals surface area contributed by atoms with Crippen molar-refractivity contribution in [1.82, 2.24) is 15.0 Å². The lowest BCUT2D eigenvalue weighted by Crippen LogP contribution is -1.97. The van der Waals surface area contributed by atoms with E-state index in [-0.39, 0.29) is 5.56 Å². The van der Waals surface area contributed by atoms with Crippen molar-refractivity contribution < 1.29 is 9.90 Å². The first-order chi connectivity index (χ1) is 9.69. The number of aryl methyl sites for hydroxylation is 1. The van der Waals surface area contributed by atoms with Crippen molar-refractivity contribution in [2.75, 3.05) is 0 Å². The molecule has 0 aliphatic heterocycles. The number of carboxylic acids is 1. The Hall–Kier alpha value is -2.69. The molecule has 1 aromatic carbocycles. The molecule has 2 N–H and O–H groups in total. The number of H-pyrrole nitrogens is 1. The van der Waals surface area contributed by atoms with Gasteiger partial charge in [0.1, 0.15) is 5.82 Å². The van der Waals surface area contributed by atoms with Crippen LogP contribution >= 0.6 is 0 Å². The van der Waals surface area contributed by atoms with Gasteiger partial charge in [-0.3, -0.25) is 0 Å². The molecule has 20 heavy (non-hydrogen) atoms. The van der Waals surface area contributed by atoms with E-state index in [4.69, 9.17) is 5.11 Å². The number of benzene rings is 1. The molecule has 0 atom stereocenters. The molecule has 100 valence electrons. The van der Waals surface area contributed by atoms with Crippen molar-refractivity contribution in [3.63, 3.8) is 0 Å². The van der Waals surface area contributed by atoms with E-state index in [1.165, 1.54) is 17.8 Å². The zero-order valence-electron chi connectivity index (χ0n) is 10.9. The van der Waals surface area contributed by atoms with E-state index in [0.29, 0.717) is 17.0 Å². The molecule has 2 heterocycles. The predicted molar refractivity (Wildman–Crippen MR) is 75.7 cm³/mol. The number of aromatic amines is 1. The van der Waals surface area contributed by atoms with Crippen LogP contribution in [0.3, 0.4) is 0 Å². The van der Waals surface area contributed by atoms with E-state index in [1.807, 2.05) is 24.3 Å². The van der Waals surface area contributed by atoms with Crippen LogP contribution in [0.4, 0.5) is 0 Å². The monoisotopic (exact) mass is 267 g/mol. The number of rotatable bonds is 3. The zero-order valence-corrected chi connectivity index (χ0v) is 10.9. The fourth-order valence-corrected chi connectivity index (χ4v) is 2.12. The van der Waals surface area contributed by atoms with Gasteiger partial charge in [-0.2, -0.15) is 0 Å². The third kappa shape index (κ3) is 2.03. The molecule has 3 rings (SSSR count). The summed E-state index contributed by atoms with van der Waals surface area (Å²) >= 11 is 0. The Morgan fingerprint density at radius 3 is 2.65 bits per heavy atom. The quantitative estimate of drug-likeness (QED) is 0.764. The molecular weight excluding hydrogens is 254 g/mol. The molecule has 0 saturated carbocycles. The van der Waals surface area contributed by atoms with Gasteiger partial charge in [0.25, 0.3) is 0 Å². The summed E-state index contributed by atoms with van der Waals surface area (Å²) in [6.07, 6.45) is 2.43. The molecule has 2 aromatic heterocycles. The number of pyridine rings is 1. The smallest absolute Gasteiger partial charge is 0.338 e. The fraction of sp³-hybridized carbons (Fsp3) is 0.133. The van der Waals surface area contributed by atoms with Crippen molar-refractivity contribution in [3.8, 4) is 11.4 Å². The van der Waals surface area contributed by atoms with Gasteiger partial charge in [0.15, 0.2) is 5.65 Å². The molecule has 0 radical (unpaired) electrons. The first-order valence-corrected chi connectivity index (χ1v) is 6.36. The van der Waals surface area contributed by atoms with Crippen molar-refractivity contribution in [3.05, 3.63) is 47.7 Å². The number of hydrogen-bond donors (Lipinski definition) is 2. The second kappa shape index (κ2) is 4.77. The van der Waals surface area contributed by atoms with Crippen LogP contribution in [0.5, 0.6) is 0 Å². The van der Waals surface area contributed by atoms with Crippen molar-refractivity contribution in [1.29, 1.82) is 0 Å². The summed E-state index contributed by atoms with van der Waals surface area (Å²) in [5.74, 6) is -0.363. The third-order valence-corrected chi connectivity index (χ3v) is 3.26. The summed E-state index contributed by atoms with van der Waals surface area (Å²) in [4.78, 5) is 22.7. The van der Waals surface area contributed by atoms with E-state index in [9.17, 15) is 4.79 Å². The van der Waals surface area contributed by atoms with Gasteiger partial charge in [-0.15, -0.1) is 0 Å². The van der Waals surface area contributed by atoms with E-state index in [1.54, 1.807) is 0 Å². The maximum absolute atomic E-state index is 11.2. The molecule has 0 bridgehead atoms. The highest BCUT2D eigenvalue weighted by atomic mass is 16.4. The highest BCUT2D eigenvalue weighted by molar-refractivity contribution is 6.00. The van der Waals surface area contributed by atoms with Crippen molar-refractivity contribution in [2.45, 2.75) is 13.3 Å². The van der Waals surface area contributed by atoms with Gasteiger partial charge in [-0.1, -0.05) is 31.2 Å². The molecule has 0 saturated heterocycles. The molecule has 5 nitrogen and oxygen atoms in total. The number of fused-ring (bicyclic) bond motifs is 1. The van der Waals surface area contributed by atoms with Crippen LogP contribution in [0.1, 0.15) is 22.8 Å². The first kappa shape index (κ1) is 12.3. The van der Waals surface area contributed by atoms with Crippen LogP contribution in [0.25, 0.3) is 22.6 Å². The lowest BCUT2D eigenvalue weighted by Gasteiger charge is -1.99. The fourth-order valence-electron chi connectivity index (χ4n) is 2.12. The van der Waals surface area contributed by atoms with Crippen LogP contribution in [0, 0.1) is 0 Å². The number of imidazole rings is 1. The summed E-state index contributed by atoms with van der Waals surface area (Å²) in [6, 6.07) is 9.48. The Bertz CT molecular complexity index is 775. The average Bonchev–Trinajstić information content (AvgIpc) is 2.90. The second-order valence-electron chi connectivity index (χ2n) is 4.50. The largest absolute Gasteiger partial charge is 0.478 e. The maximum Gasteiger partial charge on any atom is 0.338 e. The molecule has 3 aromatic rings. The van der Waals surface area contributed by atoms with Gasteiger partial charge >= 0.3 is 5.97 Å². The third-order valence-electron chi connectivity index (χ3n) is 3.26. The van der Waals surface area contributed by atoms with E-state index in [0.717, 1.165) is 12.0 Å². The lowest BCUT2D eigenvalue weighted by atomic mass is 10.1. The summed E-state index contributed by atoms with van der Waals surface area (Å²) in [6.45, 7) is 2.10. The van der Waals surface area contributed by atoms with Crippen LogP contribution < -0.4 is 0 Å². The van der Waals surface area contributed by atoms with E-state index in [2.05, 4.69) is 21.9 Å². The van der Waals surface area contributed by atoms with Crippen molar-refractivity contribution >= 4 is 17.1 Å². The highest BCUT2D eigenvalue weighted by Gasteiger charge is 2.13. The van der Waals surface area contributed by atoms with Crippen LogP contribution in [0.2, 0.25) is 0 Å². The summed E-state index contributed by atoms with van der Waals surface area (Å²) in [5, 5.41) is 9.16. The summed E-state index contributed by atoms with van der Waals surface area (Å²) < 4.78 is 0. The minimum Gasteiger partial charge on any atom is -0.478 e. The molecule has 0 fully saturated rings. The number of aromatic carboxylic acids is 1. The second-order valence-corrected chi connectivity index (χ2v) is 4.50. The van der Waals surface area contributed by atoms with Gasteiger partial charge in [0, 0.05) is 11.8 Å². The molecule has 0 unspecified atom stereocenters. The Morgan fingerprint density at radius 2 is 2.00 bits per heavy atom. The molecule has 0 amide bonds. The van der Waals surface area contributed by atoms with E-state index >= 15 is 0 Å². The number of aromatic nitrogens is 3. The van der Waals surface area contributed by atoms with Gasteiger partial charge in [-0.05, 0) is 18.1 Å². The molecule has 5 heteroatoms. The Labute approximate surface area is 115 Å². The minimum absolute atomic E-state index is 0.180. The minimum atomic E-state index is -0.992. The zero-order chi connectivity index (χ0) is 14.1. The normalized spacial score (nSPS) is 10.8. The highest BCUT2D eigenvalue weighted by Crippen LogP contribution is 2.22. The van der Waals surface area contributed by atoms with Crippen molar-refractivity contribution in [2.24, 2.45) is 0 Å². The topological polar surface area (TPSA) is 78.9 Å². The van der Waals surface area contributed by atoms with Crippen LogP contribution in [-0.4, -0.2) is 26.0 Å². The van der Waals surface area contributed by atoms with Crippen LogP contribution in [-0.2, 0) is 6.42 Å².